The summed E-state index contributed by atoms with van der Waals surface area (Å²) in [6, 6.07) is 17.1. The monoisotopic (exact) mass is 392 g/mol. The van der Waals surface area contributed by atoms with E-state index in [0.717, 1.165) is 27.3 Å². The van der Waals surface area contributed by atoms with E-state index >= 15 is 0 Å². The van der Waals surface area contributed by atoms with Gasteiger partial charge >= 0.3 is 0 Å². The summed E-state index contributed by atoms with van der Waals surface area (Å²) in [5, 5.41) is 16.4. The van der Waals surface area contributed by atoms with Crippen LogP contribution in [-0.2, 0) is 0 Å². The molecule has 0 amide bonds. The molecule has 1 aromatic heterocycles. The maximum absolute atomic E-state index is 8.96. The minimum absolute atomic E-state index is 0.515. The first kappa shape index (κ1) is 18.8. The molecule has 134 valence electrons. The molecule has 0 N–H and O–H groups in total. The Hall–Kier alpha value is -2.94. The normalized spacial score (nSPS) is 12.0. The van der Waals surface area contributed by atoms with Gasteiger partial charge in [0.1, 0.15) is 0 Å². The van der Waals surface area contributed by atoms with Crippen LogP contribution in [0.15, 0.2) is 76.7 Å². The number of rotatable bonds is 5. The van der Waals surface area contributed by atoms with Crippen LogP contribution in [0.1, 0.15) is 18.1 Å². The molecule has 4 nitrogen and oxygen atoms in total. The number of nitrogens with zero attached hydrogens (tertiary/aromatic N) is 4. The SMILES string of the molecule is C=CCN=c1scc(-c2cccc(Cl)c2)n1N=C(C)c1ccc(C#N)cc1. The van der Waals surface area contributed by atoms with Gasteiger partial charge in [0, 0.05) is 16.0 Å². The van der Waals surface area contributed by atoms with E-state index in [0.29, 0.717) is 17.1 Å². The van der Waals surface area contributed by atoms with Gasteiger partial charge in [-0.2, -0.15) is 10.4 Å². The molecule has 0 aliphatic heterocycles. The Bertz CT molecular complexity index is 1100. The number of nitriles is 1. The van der Waals surface area contributed by atoms with Gasteiger partial charge in [0.2, 0.25) is 4.80 Å². The van der Waals surface area contributed by atoms with Gasteiger partial charge in [-0.25, -0.2) is 4.68 Å². The first-order valence-corrected chi connectivity index (χ1v) is 9.52. The first-order valence-electron chi connectivity index (χ1n) is 8.26. The predicted octanol–water partition coefficient (Wildman–Crippen LogP) is 5.10. The molecule has 0 radical (unpaired) electrons. The second-order valence-corrected chi connectivity index (χ2v) is 7.00. The van der Waals surface area contributed by atoms with Crippen molar-refractivity contribution in [2.24, 2.45) is 10.1 Å². The van der Waals surface area contributed by atoms with Gasteiger partial charge in [0.15, 0.2) is 0 Å². The van der Waals surface area contributed by atoms with E-state index in [-0.39, 0.29) is 0 Å². The van der Waals surface area contributed by atoms with Crippen LogP contribution >= 0.6 is 22.9 Å². The highest BCUT2D eigenvalue weighted by Gasteiger charge is 2.09. The third kappa shape index (κ3) is 4.43. The average molecular weight is 393 g/mol. The van der Waals surface area contributed by atoms with Crippen LogP contribution in [0, 0.1) is 11.3 Å². The van der Waals surface area contributed by atoms with E-state index in [2.05, 4.69) is 17.6 Å². The van der Waals surface area contributed by atoms with E-state index in [1.807, 2.05) is 53.4 Å². The fourth-order valence-corrected chi connectivity index (χ4v) is 3.52. The van der Waals surface area contributed by atoms with Gasteiger partial charge < -0.3 is 0 Å². The van der Waals surface area contributed by atoms with Crippen LogP contribution < -0.4 is 4.80 Å². The minimum atomic E-state index is 0.515. The van der Waals surface area contributed by atoms with Gasteiger partial charge in [0.25, 0.3) is 0 Å². The van der Waals surface area contributed by atoms with Crippen molar-refractivity contribution in [1.29, 1.82) is 5.26 Å². The van der Waals surface area contributed by atoms with E-state index in [4.69, 9.17) is 22.0 Å². The lowest BCUT2D eigenvalue weighted by Crippen LogP contribution is -2.14. The van der Waals surface area contributed by atoms with Crippen LogP contribution in [0.3, 0.4) is 0 Å². The molecular formula is C21H17ClN4S. The molecule has 2 aromatic carbocycles. The Morgan fingerprint density at radius 3 is 2.74 bits per heavy atom. The van der Waals surface area contributed by atoms with Crippen LogP contribution in [-0.4, -0.2) is 16.9 Å². The predicted molar refractivity (Wildman–Crippen MR) is 112 cm³/mol. The highest BCUT2D eigenvalue weighted by Crippen LogP contribution is 2.23. The number of thiazole rings is 1. The summed E-state index contributed by atoms with van der Waals surface area (Å²) in [7, 11) is 0. The Balaban J connectivity index is 2.12. The van der Waals surface area contributed by atoms with Gasteiger partial charge in [-0.15, -0.1) is 17.9 Å². The number of halogens is 1. The maximum atomic E-state index is 8.96. The van der Waals surface area contributed by atoms with Crippen molar-refractivity contribution in [1.82, 2.24) is 4.68 Å². The molecule has 27 heavy (non-hydrogen) atoms. The molecule has 0 aliphatic carbocycles. The Kier molecular flexibility index (Phi) is 6.02. The molecule has 0 unspecified atom stereocenters. The molecule has 0 saturated carbocycles. The molecule has 3 aromatic rings. The molecule has 1 heterocycles. The fourth-order valence-electron chi connectivity index (χ4n) is 2.49. The fraction of sp³-hybridized carbons (Fsp3) is 0.0952. The highest BCUT2D eigenvalue weighted by atomic mass is 35.5. The van der Waals surface area contributed by atoms with E-state index < -0.39 is 0 Å². The van der Waals surface area contributed by atoms with E-state index in [1.165, 1.54) is 11.3 Å². The number of hydrogen-bond acceptors (Lipinski definition) is 4. The Morgan fingerprint density at radius 1 is 1.30 bits per heavy atom. The molecule has 0 saturated heterocycles. The first-order chi connectivity index (χ1) is 13.1. The number of hydrogen-bond donors (Lipinski definition) is 0. The highest BCUT2D eigenvalue weighted by molar-refractivity contribution is 7.07. The van der Waals surface area contributed by atoms with E-state index in [9.17, 15) is 0 Å². The molecule has 0 fully saturated rings. The van der Waals surface area contributed by atoms with Crippen molar-refractivity contribution in [3.05, 3.63) is 87.5 Å². The van der Waals surface area contributed by atoms with Crippen LogP contribution in [0.2, 0.25) is 5.02 Å². The van der Waals surface area contributed by atoms with Crippen LogP contribution in [0.5, 0.6) is 0 Å². The van der Waals surface area contributed by atoms with Gasteiger partial charge in [0.05, 0.1) is 29.6 Å². The zero-order chi connectivity index (χ0) is 19.2. The maximum Gasteiger partial charge on any atom is 0.206 e. The average Bonchev–Trinajstić information content (AvgIpc) is 3.08. The van der Waals surface area contributed by atoms with Gasteiger partial charge in [-0.1, -0.05) is 41.9 Å². The molecule has 0 bridgehead atoms. The summed E-state index contributed by atoms with van der Waals surface area (Å²) < 4.78 is 1.83. The largest absolute Gasteiger partial charge is 0.253 e. The van der Waals surface area contributed by atoms with Crippen molar-refractivity contribution in [2.45, 2.75) is 6.92 Å². The summed E-state index contributed by atoms with van der Waals surface area (Å²) in [6.07, 6.45) is 1.75. The third-order valence-electron chi connectivity index (χ3n) is 3.84. The minimum Gasteiger partial charge on any atom is -0.253 e. The number of aromatic nitrogens is 1. The molecule has 0 aliphatic rings. The standard InChI is InChI=1S/C21H17ClN4S/c1-3-11-24-21-26(20(14-27-21)18-5-4-6-19(22)12-18)25-15(2)17-9-7-16(13-23)8-10-17/h3-10,12,14H,1,11H2,2H3. The van der Waals surface area contributed by atoms with Gasteiger partial charge in [-0.3, -0.25) is 4.99 Å². The van der Waals surface area contributed by atoms with Gasteiger partial charge in [-0.05, 0) is 36.8 Å². The van der Waals surface area contributed by atoms with Crippen molar-refractivity contribution >= 4 is 28.6 Å². The van der Waals surface area contributed by atoms with Crippen molar-refractivity contribution < 1.29 is 0 Å². The zero-order valence-corrected chi connectivity index (χ0v) is 16.3. The summed E-state index contributed by atoms with van der Waals surface area (Å²) in [5.74, 6) is 0. The summed E-state index contributed by atoms with van der Waals surface area (Å²) in [5.41, 5.74) is 4.27. The second kappa shape index (κ2) is 8.63. The molecule has 6 heteroatoms. The topological polar surface area (TPSA) is 53.4 Å². The molecule has 0 spiro atoms. The van der Waals surface area contributed by atoms with Crippen molar-refractivity contribution in [2.75, 3.05) is 6.54 Å². The van der Waals surface area contributed by atoms with Crippen molar-refractivity contribution in [3.8, 4) is 17.3 Å². The molecule has 3 rings (SSSR count). The summed E-state index contributed by atoms with van der Waals surface area (Å²) in [4.78, 5) is 5.32. The summed E-state index contributed by atoms with van der Waals surface area (Å²) in [6.45, 7) is 6.18. The zero-order valence-electron chi connectivity index (χ0n) is 14.8. The van der Waals surface area contributed by atoms with Crippen LogP contribution in [0.4, 0.5) is 0 Å². The lowest BCUT2D eigenvalue weighted by molar-refractivity contribution is 0.834. The third-order valence-corrected chi connectivity index (χ3v) is 4.93. The Morgan fingerprint density at radius 2 is 2.07 bits per heavy atom. The molecule has 0 atom stereocenters. The van der Waals surface area contributed by atoms with Crippen molar-refractivity contribution in [3.63, 3.8) is 0 Å². The quantitative estimate of drug-likeness (QED) is 0.440. The lowest BCUT2D eigenvalue weighted by atomic mass is 10.1. The number of benzene rings is 2. The Labute approximate surface area is 167 Å². The lowest BCUT2D eigenvalue weighted by Gasteiger charge is -2.07. The molecular weight excluding hydrogens is 376 g/mol. The van der Waals surface area contributed by atoms with Crippen LogP contribution in [0.25, 0.3) is 11.3 Å². The summed E-state index contributed by atoms with van der Waals surface area (Å²) >= 11 is 7.68. The smallest absolute Gasteiger partial charge is 0.206 e. The van der Waals surface area contributed by atoms with E-state index in [1.54, 1.807) is 18.2 Å². The second-order valence-electron chi connectivity index (χ2n) is 5.73.